The Morgan fingerprint density at radius 2 is 1.85 bits per heavy atom. The number of aliphatic hydroxyl groups is 2. The van der Waals surface area contributed by atoms with Crippen LogP contribution in [0, 0.1) is 0 Å². The van der Waals surface area contributed by atoms with Crippen molar-refractivity contribution in [3.8, 4) is 0 Å². The van der Waals surface area contributed by atoms with Crippen LogP contribution in [-0.2, 0) is 10.9 Å². The van der Waals surface area contributed by atoms with Crippen LogP contribution in [0.3, 0.4) is 0 Å². The summed E-state index contributed by atoms with van der Waals surface area (Å²) in [6.45, 7) is -0.936. The summed E-state index contributed by atoms with van der Waals surface area (Å²) in [6.07, 6.45) is -5.66. The van der Waals surface area contributed by atoms with Gasteiger partial charge in [-0.15, -0.1) is 0 Å². The van der Waals surface area contributed by atoms with E-state index in [1.807, 2.05) is 0 Å². The van der Waals surface area contributed by atoms with Gasteiger partial charge in [0.1, 0.15) is 12.7 Å². The van der Waals surface area contributed by atoms with Gasteiger partial charge in [-0.05, 0) is 30.3 Å². The smallest absolute Gasteiger partial charge is 0.416 e. The summed E-state index contributed by atoms with van der Waals surface area (Å²) in [6, 6.07) is 10.7. The molecule has 140 valence electrons. The number of anilines is 2. The average molecular weight is 370 g/mol. The third-order valence-electron chi connectivity index (χ3n) is 3.30. The fourth-order valence-electron chi connectivity index (χ4n) is 1.99. The van der Waals surface area contributed by atoms with Gasteiger partial charge in [0.05, 0.1) is 29.1 Å². The van der Waals surface area contributed by atoms with Crippen LogP contribution < -0.4 is 10.9 Å². The number of hydrogen-bond acceptors (Lipinski definition) is 6. The number of aliphatic hydroxyl groups excluding tert-OH is 2. The van der Waals surface area contributed by atoms with Crippen molar-refractivity contribution >= 4 is 17.3 Å². The number of halogens is 3. The lowest BCUT2D eigenvalue weighted by molar-refractivity contribution is -0.137. The molecule has 0 aliphatic carbocycles. The monoisotopic (exact) mass is 370 g/mol. The molecule has 0 saturated heterocycles. The number of ether oxygens (including phenoxy) is 1. The summed E-state index contributed by atoms with van der Waals surface area (Å²) < 4.78 is 43.1. The molecule has 2 aromatic rings. The Morgan fingerprint density at radius 1 is 1.12 bits per heavy atom. The van der Waals surface area contributed by atoms with Crippen molar-refractivity contribution in [3.63, 3.8) is 0 Å². The lowest BCUT2D eigenvalue weighted by Crippen LogP contribution is -2.22. The van der Waals surface area contributed by atoms with Crippen molar-refractivity contribution in [1.82, 2.24) is 0 Å². The molecule has 2 rings (SSSR count). The molecule has 9 heteroatoms. The van der Waals surface area contributed by atoms with Crippen molar-refractivity contribution in [3.05, 3.63) is 59.7 Å². The first-order valence-electron chi connectivity index (χ1n) is 7.55. The molecule has 0 heterocycles. The van der Waals surface area contributed by atoms with Crippen LogP contribution >= 0.6 is 0 Å². The van der Waals surface area contributed by atoms with E-state index in [0.717, 1.165) is 12.1 Å². The fraction of sp³-hybridized carbons (Fsp3) is 0.235. The van der Waals surface area contributed by atoms with E-state index >= 15 is 0 Å². The van der Waals surface area contributed by atoms with Crippen molar-refractivity contribution < 1.29 is 32.9 Å². The topological polar surface area (TPSA) is 90.8 Å². The molecule has 0 fully saturated rings. The van der Waals surface area contributed by atoms with E-state index < -0.39 is 30.4 Å². The van der Waals surface area contributed by atoms with Crippen LogP contribution in [0.4, 0.5) is 24.5 Å². The molecule has 0 aliphatic rings. The van der Waals surface area contributed by atoms with Crippen LogP contribution in [0.2, 0.25) is 0 Å². The second-order valence-corrected chi connectivity index (χ2v) is 5.31. The number of alkyl halides is 3. The fourth-order valence-corrected chi connectivity index (χ4v) is 1.99. The zero-order valence-electron chi connectivity index (χ0n) is 13.5. The normalized spacial score (nSPS) is 12.3. The quantitative estimate of drug-likeness (QED) is 0.443. The molecule has 4 N–H and O–H groups in total. The van der Waals surface area contributed by atoms with E-state index in [0.29, 0.717) is 0 Å². The van der Waals surface area contributed by atoms with E-state index in [1.54, 1.807) is 12.1 Å². The SMILES string of the molecule is O=C(OCC(O)CO)c1ccccc1NNc1cccc(C(F)(F)F)c1. The summed E-state index contributed by atoms with van der Waals surface area (Å²) in [5.41, 5.74) is 4.98. The maximum absolute atomic E-state index is 12.7. The minimum Gasteiger partial charge on any atom is -0.459 e. The Hall–Kier alpha value is -2.78. The summed E-state index contributed by atoms with van der Waals surface area (Å²) in [4.78, 5) is 12.1. The van der Waals surface area contributed by atoms with Crippen molar-refractivity contribution in [2.24, 2.45) is 0 Å². The highest BCUT2D eigenvalue weighted by molar-refractivity contribution is 5.95. The average Bonchev–Trinajstić information content (AvgIpc) is 2.64. The summed E-state index contributed by atoms with van der Waals surface area (Å²) in [5, 5.41) is 17.9. The minimum absolute atomic E-state index is 0.108. The molecule has 1 unspecified atom stereocenters. The van der Waals surface area contributed by atoms with Gasteiger partial charge in [-0.1, -0.05) is 18.2 Å². The van der Waals surface area contributed by atoms with Crippen LogP contribution in [0.5, 0.6) is 0 Å². The summed E-state index contributed by atoms with van der Waals surface area (Å²) in [5.74, 6) is -0.758. The molecule has 1 atom stereocenters. The Bertz CT molecular complexity index is 753. The molecule has 0 aliphatic heterocycles. The number of nitrogens with one attached hydrogen (secondary N) is 2. The summed E-state index contributed by atoms with van der Waals surface area (Å²) in [7, 11) is 0. The predicted molar refractivity (Wildman–Crippen MR) is 88.5 cm³/mol. The molecule has 0 radical (unpaired) electrons. The number of hydrazine groups is 1. The van der Waals surface area contributed by atoms with Gasteiger partial charge >= 0.3 is 12.1 Å². The Balaban J connectivity index is 2.08. The molecule has 0 amide bonds. The highest BCUT2D eigenvalue weighted by Gasteiger charge is 2.30. The number of rotatable bonds is 7. The van der Waals surface area contributed by atoms with Crippen LogP contribution in [0.1, 0.15) is 15.9 Å². The number of carbonyl (C=O) groups excluding carboxylic acids is 1. The number of carbonyl (C=O) groups is 1. The van der Waals surface area contributed by atoms with Crippen LogP contribution in [-0.4, -0.2) is 35.5 Å². The standard InChI is InChI=1S/C17H17F3N2O4/c18-17(19,20)11-4-3-5-12(8-11)21-22-15-7-2-1-6-14(15)16(25)26-10-13(24)9-23/h1-8,13,21-24H,9-10H2. The highest BCUT2D eigenvalue weighted by Crippen LogP contribution is 2.30. The van der Waals surface area contributed by atoms with Crippen LogP contribution in [0.15, 0.2) is 48.5 Å². The van der Waals surface area contributed by atoms with E-state index in [9.17, 15) is 23.1 Å². The number of esters is 1. The van der Waals surface area contributed by atoms with Gasteiger partial charge in [-0.2, -0.15) is 13.2 Å². The first kappa shape index (κ1) is 19.5. The molecule has 0 bridgehead atoms. The van der Waals surface area contributed by atoms with Crippen molar-refractivity contribution in [2.75, 3.05) is 24.1 Å². The lowest BCUT2D eigenvalue weighted by Gasteiger charge is -2.15. The Kier molecular flexibility index (Phi) is 6.42. The Labute approximate surface area is 147 Å². The zero-order chi connectivity index (χ0) is 19.2. The largest absolute Gasteiger partial charge is 0.459 e. The molecule has 26 heavy (non-hydrogen) atoms. The first-order valence-corrected chi connectivity index (χ1v) is 7.55. The van der Waals surface area contributed by atoms with Gasteiger partial charge in [0, 0.05) is 0 Å². The Morgan fingerprint density at radius 3 is 2.54 bits per heavy atom. The molecule has 2 aromatic carbocycles. The second kappa shape index (κ2) is 8.54. The molecule has 0 aromatic heterocycles. The maximum atomic E-state index is 12.7. The second-order valence-electron chi connectivity index (χ2n) is 5.31. The van der Waals surface area contributed by atoms with Gasteiger partial charge in [0.25, 0.3) is 0 Å². The van der Waals surface area contributed by atoms with Crippen molar-refractivity contribution in [2.45, 2.75) is 12.3 Å². The van der Waals surface area contributed by atoms with Crippen molar-refractivity contribution in [1.29, 1.82) is 0 Å². The third kappa shape index (κ3) is 5.36. The van der Waals surface area contributed by atoms with E-state index in [1.165, 1.54) is 24.3 Å². The molecular formula is C17H17F3N2O4. The lowest BCUT2D eigenvalue weighted by atomic mass is 10.2. The molecule has 0 spiro atoms. The highest BCUT2D eigenvalue weighted by atomic mass is 19.4. The molecular weight excluding hydrogens is 353 g/mol. The van der Waals surface area contributed by atoms with Gasteiger partial charge in [0.15, 0.2) is 0 Å². The van der Waals surface area contributed by atoms with E-state index in [4.69, 9.17) is 9.84 Å². The maximum Gasteiger partial charge on any atom is 0.416 e. The first-order chi connectivity index (χ1) is 12.3. The number of hydrogen-bond donors (Lipinski definition) is 4. The molecule has 0 saturated carbocycles. The zero-order valence-corrected chi connectivity index (χ0v) is 13.5. The third-order valence-corrected chi connectivity index (χ3v) is 3.30. The van der Waals surface area contributed by atoms with Gasteiger partial charge in [-0.3, -0.25) is 0 Å². The van der Waals surface area contributed by atoms with Gasteiger partial charge in [0.2, 0.25) is 0 Å². The molecule has 6 nitrogen and oxygen atoms in total. The van der Waals surface area contributed by atoms with E-state index in [-0.39, 0.29) is 23.5 Å². The number of para-hydroxylation sites is 1. The van der Waals surface area contributed by atoms with E-state index in [2.05, 4.69) is 10.9 Å². The van der Waals surface area contributed by atoms with Gasteiger partial charge in [-0.25, -0.2) is 4.79 Å². The summed E-state index contributed by atoms with van der Waals surface area (Å²) >= 11 is 0. The number of benzene rings is 2. The predicted octanol–water partition coefficient (Wildman–Crippen LogP) is 2.65. The van der Waals surface area contributed by atoms with Crippen LogP contribution in [0.25, 0.3) is 0 Å². The van der Waals surface area contributed by atoms with Gasteiger partial charge < -0.3 is 25.8 Å². The minimum atomic E-state index is -4.47.